The van der Waals surface area contributed by atoms with Crippen LogP contribution in [-0.2, 0) is 12.0 Å². The third-order valence-corrected chi connectivity index (χ3v) is 7.18. The molecule has 1 aromatic heterocycles. The zero-order valence-corrected chi connectivity index (χ0v) is 20.0. The Balaban J connectivity index is 1.27. The molecule has 2 aliphatic rings. The first kappa shape index (κ1) is 22.9. The standard InChI is InChI=1S/C29H29ClN2O2/c1-2-21-7-12-27-23(19-21)20-22(26-6-3-15-31-28(26)34-27)5-4-16-32-17-13-29(33,14-18-32)24-8-10-25(30)11-9-24/h2-3,5-12,15,19,33H,1,4,13-14,16-18,20H2. The average molecular weight is 473 g/mol. The minimum absolute atomic E-state index is 0.657. The molecule has 5 rings (SSSR count). The van der Waals surface area contributed by atoms with Crippen LogP contribution in [0.4, 0.5) is 0 Å². The highest BCUT2D eigenvalue weighted by Gasteiger charge is 2.33. The van der Waals surface area contributed by atoms with Crippen LogP contribution < -0.4 is 4.74 Å². The van der Waals surface area contributed by atoms with Gasteiger partial charge in [-0.25, -0.2) is 4.98 Å². The molecule has 0 saturated carbocycles. The lowest BCUT2D eigenvalue weighted by atomic mass is 9.84. The summed E-state index contributed by atoms with van der Waals surface area (Å²) in [6.45, 7) is 6.59. The maximum absolute atomic E-state index is 11.1. The number of rotatable bonds is 5. The van der Waals surface area contributed by atoms with Crippen molar-refractivity contribution in [1.82, 2.24) is 9.88 Å². The number of hydrogen-bond donors (Lipinski definition) is 1. The first-order chi connectivity index (χ1) is 16.5. The van der Waals surface area contributed by atoms with Crippen LogP contribution in [0.5, 0.6) is 11.6 Å². The number of benzene rings is 2. The van der Waals surface area contributed by atoms with Crippen molar-refractivity contribution in [2.45, 2.75) is 31.3 Å². The van der Waals surface area contributed by atoms with Crippen molar-refractivity contribution in [1.29, 1.82) is 0 Å². The van der Waals surface area contributed by atoms with Crippen molar-refractivity contribution < 1.29 is 9.84 Å². The normalized spacial score (nSPS) is 18.5. The number of piperidine rings is 1. The van der Waals surface area contributed by atoms with E-state index in [2.05, 4.69) is 34.7 Å². The molecule has 1 saturated heterocycles. The molecule has 2 aromatic carbocycles. The number of aromatic nitrogens is 1. The van der Waals surface area contributed by atoms with Gasteiger partial charge in [-0.05, 0) is 77.9 Å². The highest BCUT2D eigenvalue weighted by Crippen LogP contribution is 2.38. The predicted molar refractivity (Wildman–Crippen MR) is 138 cm³/mol. The second-order valence-corrected chi connectivity index (χ2v) is 9.54. The number of aliphatic hydroxyl groups is 1. The molecule has 0 spiro atoms. The van der Waals surface area contributed by atoms with E-state index in [1.54, 1.807) is 6.20 Å². The summed E-state index contributed by atoms with van der Waals surface area (Å²) in [5, 5.41) is 11.8. The van der Waals surface area contributed by atoms with Crippen LogP contribution in [0.3, 0.4) is 0 Å². The Morgan fingerprint density at radius 1 is 1.12 bits per heavy atom. The number of fused-ring (bicyclic) bond motifs is 2. The number of hydrogen-bond acceptors (Lipinski definition) is 4. The van der Waals surface area contributed by atoms with Crippen molar-refractivity contribution in [2.24, 2.45) is 0 Å². The van der Waals surface area contributed by atoms with Crippen molar-refractivity contribution in [2.75, 3.05) is 19.6 Å². The van der Waals surface area contributed by atoms with Crippen molar-refractivity contribution in [3.8, 4) is 11.6 Å². The Kier molecular flexibility index (Phi) is 6.55. The molecule has 3 heterocycles. The molecule has 1 N–H and O–H groups in total. The summed E-state index contributed by atoms with van der Waals surface area (Å²) in [5.41, 5.74) is 4.70. The second kappa shape index (κ2) is 9.75. The van der Waals surface area contributed by atoms with Gasteiger partial charge < -0.3 is 14.7 Å². The minimum Gasteiger partial charge on any atom is -0.438 e. The van der Waals surface area contributed by atoms with Gasteiger partial charge in [-0.2, -0.15) is 0 Å². The number of nitrogens with zero attached hydrogens (tertiary/aromatic N) is 2. The topological polar surface area (TPSA) is 45.6 Å². The zero-order chi connectivity index (χ0) is 23.5. The molecular formula is C29H29ClN2O2. The number of halogens is 1. The van der Waals surface area contributed by atoms with Crippen LogP contribution in [0.2, 0.25) is 5.02 Å². The Hall–Kier alpha value is -2.92. The monoisotopic (exact) mass is 472 g/mol. The Labute approximate surface area is 206 Å². The van der Waals surface area contributed by atoms with Gasteiger partial charge >= 0.3 is 0 Å². The molecule has 2 aliphatic heterocycles. The van der Waals surface area contributed by atoms with Gasteiger partial charge in [0, 0.05) is 42.8 Å². The molecule has 34 heavy (non-hydrogen) atoms. The van der Waals surface area contributed by atoms with Gasteiger partial charge in [0.05, 0.1) is 5.60 Å². The molecular weight excluding hydrogens is 444 g/mol. The summed E-state index contributed by atoms with van der Waals surface area (Å²) >= 11 is 6.01. The molecule has 5 heteroatoms. The first-order valence-corrected chi connectivity index (χ1v) is 12.2. The summed E-state index contributed by atoms with van der Waals surface area (Å²) in [4.78, 5) is 6.92. The largest absolute Gasteiger partial charge is 0.438 e. The third kappa shape index (κ3) is 4.80. The van der Waals surface area contributed by atoms with Gasteiger partial charge in [-0.3, -0.25) is 0 Å². The van der Waals surface area contributed by atoms with E-state index in [0.717, 1.165) is 73.3 Å². The number of allylic oxidation sites excluding steroid dienone is 1. The molecule has 1 fully saturated rings. The van der Waals surface area contributed by atoms with Gasteiger partial charge in [-0.15, -0.1) is 0 Å². The van der Waals surface area contributed by atoms with Crippen molar-refractivity contribution in [3.63, 3.8) is 0 Å². The first-order valence-electron chi connectivity index (χ1n) is 11.8. The maximum atomic E-state index is 11.1. The zero-order valence-electron chi connectivity index (χ0n) is 19.2. The van der Waals surface area contributed by atoms with Gasteiger partial charge in [0.1, 0.15) is 5.75 Å². The lowest BCUT2D eigenvalue weighted by Gasteiger charge is -2.38. The summed E-state index contributed by atoms with van der Waals surface area (Å²) in [6.07, 6.45) is 9.13. The SMILES string of the molecule is C=Cc1ccc2c(c1)CC(=CCCN1CCC(O)(c3ccc(Cl)cc3)CC1)c1cccnc1O2. The highest BCUT2D eigenvalue weighted by molar-refractivity contribution is 6.30. The summed E-state index contributed by atoms with van der Waals surface area (Å²) in [5.74, 6) is 1.51. The Bertz CT molecular complexity index is 1210. The molecule has 0 amide bonds. The quantitative estimate of drug-likeness (QED) is 0.461. The van der Waals surface area contributed by atoms with E-state index in [0.29, 0.717) is 10.9 Å². The van der Waals surface area contributed by atoms with Crippen LogP contribution in [0.25, 0.3) is 11.6 Å². The molecule has 0 radical (unpaired) electrons. The maximum Gasteiger partial charge on any atom is 0.226 e. The highest BCUT2D eigenvalue weighted by atomic mass is 35.5. The smallest absolute Gasteiger partial charge is 0.226 e. The Morgan fingerprint density at radius 2 is 1.91 bits per heavy atom. The van der Waals surface area contributed by atoms with E-state index in [1.807, 2.05) is 48.5 Å². The summed E-state index contributed by atoms with van der Waals surface area (Å²) < 4.78 is 6.17. The molecule has 0 unspecified atom stereocenters. The summed E-state index contributed by atoms with van der Waals surface area (Å²) in [6, 6.07) is 17.8. The lowest BCUT2D eigenvalue weighted by Crippen LogP contribution is -2.42. The average Bonchev–Trinajstić information content (AvgIpc) is 3.01. The van der Waals surface area contributed by atoms with Gasteiger partial charge in [0.15, 0.2) is 0 Å². The van der Waals surface area contributed by atoms with Crippen LogP contribution in [0, 0.1) is 0 Å². The van der Waals surface area contributed by atoms with Crippen LogP contribution in [0.15, 0.2) is 73.4 Å². The van der Waals surface area contributed by atoms with Gasteiger partial charge in [-0.1, -0.05) is 48.5 Å². The fourth-order valence-electron chi connectivity index (χ4n) is 4.88. The third-order valence-electron chi connectivity index (χ3n) is 6.93. The van der Waals surface area contributed by atoms with Crippen molar-refractivity contribution >= 4 is 23.3 Å². The van der Waals surface area contributed by atoms with E-state index < -0.39 is 5.60 Å². The van der Waals surface area contributed by atoms with E-state index >= 15 is 0 Å². The van der Waals surface area contributed by atoms with E-state index in [4.69, 9.17) is 16.3 Å². The van der Waals surface area contributed by atoms with E-state index in [-0.39, 0.29) is 0 Å². The van der Waals surface area contributed by atoms with Crippen LogP contribution in [-0.4, -0.2) is 34.6 Å². The van der Waals surface area contributed by atoms with Crippen LogP contribution in [0.1, 0.15) is 41.5 Å². The number of pyridine rings is 1. The molecule has 4 nitrogen and oxygen atoms in total. The van der Waals surface area contributed by atoms with Crippen molar-refractivity contribution in [3.05, 3.63) is 101 Å². The van der Waals surface area contributed by atoms with Crippen LogP contribution >= 0.6 is 11.6 Å². The fraction of sp³-hybridized carbons (Fsp3) is 0.276. The van der Waals surface area contributed by atoms with Gasteiger partial charge in [0.2, 0.25) is 5.88 Å². The minimum atomic E-state index is -0.768. The predicted octanol–water partition coefficient (Wildman–Crippen LogP) is 6.48. The molecule has 0 atom stereocenters. The molecule has 3 aromatic rings. The molecule has 0 bridgehead atoms. The number of ether oxygens (including phenoxy) is 1. The summed E-state index contributed by atoms with van der Waals surface area (Å²) in [7, 11) is 0. The number of likely N-dealkylation sites (tertiary alicyclic amines) is 1. The Morgan fingerprint density at radius 3 is 2.68 bits per heavy atom. The van der Waals surface area contributed by atoms with E-state index in [1.165, 1.54) is 5.57 Å². The van der Waals surface area contributed by atoms with E-state index in [9.17, 15) is 5.11 Å². The molecule has 0 aliphatic carbocycles. The lowest BCUT2D eigenvalue weighted by molar-refractivity contribution is -0.0254. The van der Waals surface area contributed by atoms with Gasteiger partial charge in [0.25, 0.3) is 0 Å². The molecule has 174 valence electrons. The second-order valence-electron chi connectivity index (χ2n) is 9.10. The fourth-order valence-corrected chi connectivity index (χ4v) is 5.01.